The summed E-state index contributed by atoms with van der Waals surface area (Å²) >= 11 is 0. The Morgan fingerprint density at radius 3 is 2.43 bits per heavy atom. The monoisotopic (exact) mass is 284 g/mol. The second-order valence-corrected chi connectivity index (χ2v) is 4.81. The molecule has 0 aliphatic heterocycles. The molecule has 3 N–H and O–H groups in total. The van der Waals surface area contributed by atoms with Gasteiger partial charge in [-0.15, -0.1) is 0 Å². The number of phenols is 2. The number of aryl methyl sites for hydroxylation is 1. The summed E-state index contributed by atoms with van der Waals surface area (Å²) in [6.07, 6.45) is 0. The summed E-state index contributed by atoms with van der Waals surface area (Å²) in [4.78, 5) is 12.2. The summed E-state index contributed by atoms with van der Waals surface area (Å²) in [5.41, 5.74) is 0.972. The quantitative estimate of drug-likeness (QED) is 0.598. The molecule has 0 bridgehead atoms. The van der Waals surface area contributed by atoms with Gasteiger partial charge in [0.1, 0.15) is 5.58 Å². The molecule has 0 saturated heterocycles. The molecule has 0 atom stereocenters. The summed E-state index contributed by atoms with van der Waals surface area (Å²) in [5, 5.41) is 29.2. The molecule has 0 unspecified atom stereocenters. The van der Waals surface area contributed by atoms with Gasteiger partial charge in [0.2, 0.25) is 11.2 Å². The van der Waals surface area contributed by atoms with E-state index in [0.29, 0.717) is 16.5 Å². The number of hydrogen-bond acceptors (Lipinski definition) is 5. The van der Waals surface area contributed by atoms with Gasteiger partial charge >= 0.3 is 0 Å². The molecule has 1 heterocycles. The van der Waals surface area contributed by atoms with Crippen LogP contribution >= 0.6 is 0 Å². The van der Waals surface area contributed by atoms with E-state index in [0.717, 1.165) is 5.56 Å². The van der Waals surface area contributed by atoms with Gasteiger partial charge in [-0.3, -0.25) is 4.79 Å². The highest BCUT2D eigenvalue weighted by molar-refractivity contribution is 5.82. The van der Waals surface area contributed by atoms with Crippen molar-refractivity contribution in [2.45, 2.75) is 6.92 Å². The lowest BCUT2D eigenvalue weighted by Gasteiger charge is -2.07. The van der Waals surface area contributed by atoms with Gasteiger partial charge in [-0.2, -0.15) is 0 Å². The second kappa shape index (κ2) is 4.56. The van der Waals surface area contributed by atoms with Crippen LogP contribution in [0.4, 0.5) is 0 Å². The van der Waals surface area contributed by atoms with Crippen LogP contribution in [0.2, 0.25) is 0 Å². The fourth-order valence-corrected chi connectivity index (χ4v) is 2.16. The Kier molecular flexibility index (Phi) is 2.83. The largest absolute Gasteiger partial charge is 0.504 e. The van der Waals surface area contributed by atoms with E-state index in [1.807, 2.05) is 6.92 Å². The number of hydrogen-bond donors (Lipinski definition) is 3. The third-order valence-electron chi connectivity index (χ3n) is 3.26. The average Bonchev–Trinajstić information content (AvgIpc) is 2.46. The molecule has 2 aromatic carbocycles. The summed E-state index contributed by atoms with van der Waals surface area (Å²) in [6, 6.07) is 8.98. The van der Waals surface area contributed by atoms with Crippen LogP contribution in [-0.2, 0) is 0 Å². The number of rotatable bonds is 1. The molecule has 0 saturated carbocycles. The minimum Gasteiger partial charge on any atom is -0.504 e. The number of benzene rings is 2. The zero-order valence-electron chi connectivity index (χ0n) is 11.1. The third-order valence-corrected chi connectivity index (χ3v) is 3.26. The second-order valence-electron chi connectivity index (χ2n) is 4.81. The summed E-state index contributed by atoms with van der Waals surface area (Å²) in [7, 11) is 0. The molecule has 0 aliphatic rings. The van der Waals surface area contributed by atoms with Crippen molar-refractivity contribution in [2.24, 2.45) is 0 Å². The van der Waals surface area contributed by atoms with Crippen molar-refractivity contribution in [3.63, 3.8) is 0 Å². The average molecular weight is 284 g/mol. The van der Waals surface area contributed by atoms with Crippen LogP contribution in [0.25, 0.3) is 22.3 Å². The molecule has 3 rings (SSSR count). The van der Waals surface area contributed by atoms with Crippen LogP contribution in [-0.4, -0.2) is 15.3 Å². The van der Waals surface area contributed by atoms with E-state index in [1.165, 1.54) is 18.2 Å². The topological polar surface area (TPSA) is 90.9 Å². The van der Waals surface area contributed by atoms with E-state index in [-0.39, 0.29) is 17.3 Å². The highest BCUT2D eigenvalue weighted by atomic mass is 16.4. The van der Waals surface area contributed by atoms with Crippen molar-refractivity contribution >= 4 is 11.0 Å². The van der Waals surface area contributed by atoms with Crippen LogP contribution in [0.5, 0.6) is 17.2 Å². The number of aromatic hydroxyl groups is 3. The van der Waals surface area contributed by atoms with E-state index >= 15 is 0 Å². The minimum absolute atomic E-state index is 0.0494. The van der Waals surface area contributed by atoms with Gasteiger partial charge < -0.3 is 19.7 Å². The Hall–Kier alpha value is -2.95. The standard InChI is InChI=1S/C16H12O5/c1-8-2-5-13-10(6-8)14(19)15(20)16(21-13)9-3-4-11(17)12(18)7-9/h2-7,17-18,20H,1H3. The molecule has 0 amide bonds. The van der Waals surface area contributed by atoms with E-state index in [4.69, 9.17) is 4.42 Å². The Bertz CT molecular complexity index is 908. The highest BCUT2D eigenvalue weighted by Gasteiger charge is 2.16. The first-order chi connectivity index (χ1) is 9.97. The van der Waals surface area contributed by atoms with Gasteiger partial charge in [-0.1, -0.05) is 11.6 Å². The highest BCUT2D eigenvalue weighted by Crippen LogP contribution is 2.35. The van der Waals surface area contributed by atoms with E-state index in [9.17, 15) is 20.1 Å². The SMILES string of the molecule is Cc1ccc2oc(-c3ccc(O)c(O)c3)c(O)c(=O)c2c1. The lowest BCUT2D eigenvalue weighted by Crippen LogP contribution is -2.02. The van der Waals surface area contributed by atoms with Gasteiger partial charge in [-0.25, -0.2) is 0 Å². The molecule has 5 heteroatoms. The maximum Gasteiger partial charge on any atom is 0.235 e. The molecule has 5 nitrogen and oxygen atoms in total. The Morgan fingerprint density at radius 1 is 0.952 bits per heavy atom. The van der Waals surface area contributed by atoms with Crippen molar-refractivity contribution in [1.82, 2.24) is 0 Å². The van der Waals surface area contributed by atoms with Gasteiger partial charge in [0.25, 0.3) is 0 Å². The summed E-state index contributed by atoms with van der Waals surface area (Å²) in [5.74, 6) is -1.24. The fourth-order valence-electron chi connectivity index (χ4n) is 2.16. The van der Waals surface area contributed by atoms with Crippen molar-refractivity contribution < 1.29 is 19.7 Å². The minimum atomic E-state index is -0.539. The first kappa shape index (κ1) is 13.1. The smallest absolute Gasteiger partial charge is 0.235 e. The normalized spacial score (nSPS) is 10.9. The third kappa shape index (κ3) is 2.08. The lowest BCUT2D eigenvalue weighted by molar-refractivity contribution is 0.403. The predicted octanol–water partition coefficient (Wildman–Crippen LogP) is 2.89. The van der Waals surface area contributed by atoms with Crippen LogP contribution in [0, 0.1) is 6.92 Å². The molecular weight excluding hydrogens is 272 g/mol. The van der Waals surface area contributed by atoms with Crippen molar-refractivity contribution in [3.8, 4) is 28.6 Å². The molecule has 0 spiro atoms. The van der Waals surface area contributed by atoms with Gasteiger partial charge in [0.05, 0.1) is 5.39 Å². The van der Waals surface area contributed by atoms with E-state index in [2.05, 4.69) is 0 Å². The lowest BCUT2D eigenvalue weighted by atomic mass is 10.1. The molecule has 1 aromatic heterocycles. The molecule has 21 heavy (non-hydrogen) atoms. The first-order valence-electron chi connectivity index (χ1n) is 6.26. The zero-order chi connectivity index (χ0) is 15.1. The maximum absolute atomic E-state index is 12.2. The Morgan fingerprint density at radius 2 is 1.71 bits per heavy atom. The molecule has 0 aliphatic carbocycles. The summed E-state index contributed by atoms with van der Waals surface area (Å²) < 4.78 is 5.57. The fraction of sp³-hybridized carbons (Fsp3) is 0.0625. The molecule has 0 radical (unpaired) electrons. The molecule has 106 valence electrons. The van der Waals surface area contributed by atoms with Crippen LogP contribution in [0.15, 0.2) is 45.6 Å². The number of phenolic OH excluding ortho intramolecular Hbond substituents is 2. The van der Waals surface area contributed by atoms with Gasteiger partial charge in [0, 0.05) is 5.56 Å². The van der Waals surface area contributed by atoms with Crippen LogP contribution in [0.1, 0.15) is 5.56 Å². The first-order valence-corrected chi connectivity index (χ1v) is 6.26. The Labute approximate surface area is 119 Å². The van der Waals surface area contributed by atoms with Crippen LogP contribution in [0.3, 0.4) is 0 Å². The van der Waals surface area contributed by atoms with Crippen molar-refractivity contribution in [1.29, 1.82) is 0 Å². The Balaban J connectivity index is 2.33. The van der Waals surface area contributed by atoms with Crippen molar-refractivity contribution in [3.05, 3.63) is 52.2 Å². The van der Waals surface area contributed by atoms with Crippen molar-refractivity contribution in [2.75, 3.05) is 0 Å². The molecule has 3 aromatic rings. The summed E-state index contributed by atoms with van der Waals surface area (Å²) in [6.45, 7) is 1.84. The maximum atomic E-state index is 12.2. The van der Waals surface area contributed by atoms with Crippen LogP contribution < -0.4 is 5.43 Å². The van der Waals surface area contributed by atoms with Gasteiger partial charge in [-0.05, 0) is 37.3 Å². The van der Waals surface area contributed by atoms with E-state index < -0.39 is 11.2 Å². The van der Waals surface area contributed by atoms with Gasteiger partial charge in [0.15, 0.2) is 17.3 Å². The van der Waals surface area contributed by atoms with E-state index in [1.54, 1.807) is 18.2 Å². The zero-order valence-corrected chi connectivity index (χ0v) is 11.1. The predicted molar refractivity (Wildman–Crippen MR) is 77.7 cm³/mol. The number of fused-ring (bicyclic) bond motifs is 1. The molecule has 0 fully saturated rings. The molecular formula is C16H12O5.